The molecule has 0 fully saturated rings. The first-order valence-electron chi connectivity index (χ1n) is 10.8. The predicted octanol–water partition coefficient (Wildman–Crippen LogP) is 5.72. The first-order chi connectivity index (χ1) is 17.0. The minimum Gasteiger partial charge on any atom is -0.274 e. The molecule has 1 N–H and O–H groups in total. The number of hydrogen-bond acceptors (Lipinski definition) is 5. The maximum absolute atomic E-state index is 14.4. The van der Waals surface area contributed by atoms with E-state index in [0.717, 1.165) is 26.7 Å². The van der Waals surface area contributed by atoms with Crippen LogP contribution in [0.4, 0.5) is 10.2 Å². The first kappa shape index (κ1) is 25.5. The number of hydrogen-bond donors (Lipinski definition) is 1. The van der Waals surface area contributed by atoms with Gasteiger partial charge in [0.15, 0.2) is 0 Å². The van der Waals surface area contributed by atoms with Crippen molar-refractivity contribution in [2.75, 3.05) is 11.3 Å². The van der Waals surface area contributed by atoms with Crippen LogP contribution in [0, 0.1) is 22.9 Å². The zero-order valence-electron chi connectivity index (χ0n) is 19.2. The summed E-state index contributed by atoms with van der Waals surface area (Å²) in [5.74, 6) is -2.34. The lowest BCUT2D eigenvalue weighted by atomic mass is 9.90. The minimum atomic E-state index is -4.21. The standard InChI is InChI=1S/C25H21BrFN3O5S/c1-15-3-10-20(11-4-15)36(34,35)28-25-24(21-13-19(27)9-12-23(21)30(25)16(2)31)22(14-29(32)33)17-5-7-18(26)8-6-17/h3-13,22,28H,14H2,1-2H3. The van der Waals surface area contributed by atoms with E-state index in [1.165, 1.54) is 25.1 Å². The van der Waals surface area contributed by atoms with E-state index in [1.807, 2.05) is 6.92 Å². The molecule has 1 unspecified atom stereocenters. The number of benzene rings is 3. The molecule has 0 aliphatic rings. The Morgan fingerprint density at radius 2 is 1.75 bits per heavy atom. The number of anilines is 1. The van der Waals surface area contributed by atoms with Crippen LogP contribution >= 0.6 is 15.9 Å². The van der Waals surface area contributed by atoms with E-state index < -0.39 is 39.1 Å². The quantitative estimate of drug-likeness (QED) is 0.224. The van der Waals surface area contributed by atoms with Gasteiger partial charge in [-0.15, -0.1) is 0 Å². The number of nitrogens with one attached hydrogen (secondary N) is 1. The van der Waals surface area contributed by atoms with Gasteiger partial charge in [-0.2, -0.15) is 0 Å². The largest absolute Gasteiger partial charge is 0.274 e. The molecule has 8 nitrogen and oxygen atoms in total. The Morgan fingerprint density at radius 1 is 1.11 bits per heavy atom. The van der Waals surface area contributed by atoms with Gasteiger partial charge in [-0.25, -0.2) is 12.8 Å². The van der Waals surface area contributed by atoms with Gasteiger partial charge >= 0.3 is 0 Å². The summed E-state index contributed by atoms with van der Waals surface area (Å²) >= 11 is 3.34. The second-order valence-corrected chi connectivity index (χ2v) is 10.9. The second kappa shape index (κ2) is 9.82. The van der Waals surface area contributed by atoms with Crippen molar-refractivity contribution in [3.05, 3.63) is 104 Å². The summed E-state index contributed by atoms with van der Waals surface area (Å²) < 4.78 is 45.5. The lowest BCUT2D eigenvalue weighted by Crippen LogP contribution is -2.21. The number of halogens is 2. The molecule has 3 aromatic carbocycles. The Balaban J connectivity index is 2.04. The Morgan fingerprint density at radius 3 is 2.33 bits per heavy atom. The third-order valence-corrected chi connectivity index (χ3v) is 7.68. The highest BCUT2D eigenvalue weighted by molar-refractivity contribution is 9.10. The molecule has 0 aliphatic carbocycles. The summed E-state index contributed by atoms with van der Waals surface area (Å²) in [7, 11) is -4.21. The fourth-order valence-electron chi connectivity index (χ4n) is 4.18. The van der Waals surface area contributed by atoms with E-state index >= 15 is 0 Å². The Hall–Kier alpha value is -3.57. The predicted molar refractivity (Wildman–Crippen MR) is 138 cm³/mol. The normalized spacial score (nSPS) is 12.4. The Bertz CT molecular complexity index is 1580. The molecular formula is C25H21BrFN3O5S. The van der Waals surface area contributed by atoms with Gasteiger partial charge in [-0.1, -0.05) is 45.8 Å². The second-order valence-electron chi connectivity index (χ2n) is 8.32. The first-order valence-corrected chi connectivity index (χ1v) is 13.1. The highest BCUT2D eigenvalue weighted by Crippen LogP contribution is 2.41. The van der Waals surface area contributed by atoms with Gasteiger partial charge in [0.25, 0.3) is 10.0 Å². The molecule has 1 heterocycles. The smallest absolute Gasteiger partial charge is 0.263 e. The highest BCUT2D eigenvalue weighted by atomic mass is 79.9. The molecule has 186 valence electrons. The molecular weight excluding hydrogens is 553 g/mol. The molecule has 0 bridgehead atoms. The summed E-state index contributed by atoms with van der Waals surface area (Å²) in [6, 6.07) is 16.5. The number of sulfonamides is 1. The van der Waals surface area contributed by atoms with Crippen molar-refractivity contribution in [2.24, 2.45) is 0 Å². The van der Waals surface area contributed by atoms with Crippen molar-refractivity contribution in [1.82, 2.24) is 4.57 Å². The molecule has 36 heavy (non-hydrogen) atoms. The number of carbonyl (C=O) groups is 1. The van der Waals surface area contributed by atoms with Crippen LogP contribution in [-0.4, -0.2) is 30.4 Å². The molecule has 0 radical (unpaired) electrons. The zero-order valence-corrected chi connectivity index (χ0v) is 21.6. The number of fused-ring (bicyclic) bond motifs is 1. The number of aromatic nitrogens is 1. The molecule has 0 amide bonds. The van der Waals surface area contributed by atoms with Gasteiger partial charge in [0.2, 0.25) is 12.5 Å². The van der Waals surface area contributed by atoms with E-state index in [-0.39, 0.29) is 27.2 Å². The van der Waals surface area contributed by atoms with Gasteiger partial charge in [-0.3, -0.25) is 24.2 Å². The molecule has 0 saturated heterocycles. The lowest BCUT2D eigenvalue weighted by molar-refractivity contribution is -0.481. The Kier molecular flexibility index (Phi) is 6.96. The molecule has 11 heteroatoms. The topological polar surface area (TPSA) is 111 Å². The van der Waals surface area contributed by atoms with Crippen LogP contribution in [0.3, 0.4) is 0 Å². The van der Waals surface area contributed by atoms with Crippen molar-refractivity contribution >= 4 is 48.6 Å². The number of carbonyl (C=O) groups excluding carboxylic acids is 1. The fourth-order valence-corrected chi connectivity index (χ4v) is 5.51. The third-order valence-electron chi connectivity index (χ3n) is 5.80. The highest BCUT2D eigenvalue weighted by Gasteiger charge is 2.32. The van der Waals surface area contributed by atoms with Crippen LogP contribution in [-0.2, 0) is 10.0 Å². The van der Waals surface area contributed by atoms with Gasteiger partial charge in [0.05, 0.1) is 16.3 Å². The molecule has 0 spiro atoms. The summed E-state index contributed by atoms with van der Waals surface area (Å²) in [5, 5.41) is 11.9. The van der Waals surface area contributed by atoms with Crippen LogP contribution in [0.1, 0.15) is 34.3 Å². The third kappa shape index (κ3) is 5.02. The number of rotatable bonds is 7. The molecule has 0 aliphatic heterocycles. The molecule has 1 aromatic heterocycles. The van der Waals surface area contributed by atoms with Gasteiger partial charge in [0, 0.05) is 27.3 Å². The van der Waals surface area contributed by atoms with Gasteiger partial charge in [0.1, 0.15) is 11.6 Å². The van der Waals surface area contributed by atoms with Crippen LogP contribution in [0.5, 0.6) is 0 Å². The number of aryl methyl sites for hydroxylation is 1. The van der Waals surface area contributed by atoms with Crippen molar-refractivity contribution in [1.29, 1.82) is 0 Å². The van der Waals surface area contributed by atoms with Crippen LogP contribution in [0.25, 0.3) is 10.9 Å². The maximum atomic E-state index is 14.4. The minimum absolute atomic E-state index is 0.0555. The van der Waals surface area contributed by atoms with E-state index in [9.17, 15) is 27.7 Å². The van der Waals surface area contributed by atoms with E-state index in [2.05, 4.69) is 20.7 Å². The summed E-state index contributed by atoms with van der Waals surface area (Å²) in [5.41, 5.74) is 1.71. The monoisotopic (exact) mass is 573 g/mol. The van der Waals surface area contributed by atoms with Crippen molar-refractivity contribution < 1.29 is 22.5 Å². The zero-order chi connectivity index (χ0) is 26.2. The molecule has 1 atom stereocenters. The molecule has 0 saturated carbocycles. The average molecular weight is 574 g/mol. The fraction of sp³-hybridized carbons (Fsp3) is 0.160. The maximum Gasteiger partial charge on any atom is 0.263 e. The summed E-state index contributed by atoms with van der Waals surface area (Å²) in [4.78, 5) is 23.9. The summed E-state index contributed by atoms with van der Waals surface area (Å²) in [6.07, 6.45) is 0. The van der Waals surface area contributed by atoms with Crippen LogP contribution in [0.2, 0.25) is 0 Å². The lowest BCUT2D eigenvalue weighted by Gasteiger charge is -2.18. The Labute approximate surface area is 215 Å². The molecule has 4 rings (SSSR count). The summed E-state index contributed by atoms with van der Waals surface area (Å²) in [6.45, 7) is 2.43. The van der Waals surface area contributed by atoms with E-state index in [1.54, 1.807) is 36.4 Å². The van der Waals surface area contributed by atoms with Crippen LogP contribution in [0.15, 0.2) is 76.1 Å². The van der Waals surface area contributed by atoms with E-state index in [4.69, 9.17) is 0 Å². The van der Waals surface area contributed by atoms with Gasteiger partial charge < -0.3 is 0 Å². The van der Waals surface area contributed by atoms with Crippen molar-refractivity contribution in [3.63, 3.8) is 0 Å². The van der Waals surface area contributed by atoms with Crippen LogP contribution < -0.4 is 4.72 Å². The van der Waals surface area contributed by atoms with Crippen molar-refractivity contribution in [3.8, 4) is 0 Å². The van der Waals surface area contributed by atoms with Crippen molar-refractivity contribution in [2.45, 2.75) is 24.7 Å². The van der Waals surface area contributed by atoms with E-state index in [0.29, 0.717) is 5.56 Å². The van der Waals surface area contributed by atoms with Gasteiger partial charge in [-0.05, 0) is 55.0 Å². The molecule has 4 aromatic rings. The SMILES string of the molecule is CC(=O)n1c(NS(=O)(=O)c2ccc(C)cc2)c(C(C[N+](=O)[O-])c2ccc(Br)cc2)c2cc(F)ccc21. The number of nitro groups is 1. The number of nitrogens with zero attached hydrogens (tertiary/aromatic N) is 2. The average Bonchev–Trinajstić information content (AvgIpc) is 3.10.